The molecular weight excluding hydrogens is 154 g/mol. The van der Waals surface area contributed by atoms with E-state index < -0.39 is 0 Å². The predicted octanol–water partition coefficient (Wildman–Crippen LogP) is 0.770. The molecule has 0 aliphatic carbocycles. The summed E-state index contributed by atoms with van der Waals surface area (Å²) in [6.07, 6.45) is -0.0879. The second kappa shape index (κ2) is 6.40. The number of ether oxygens (including phenoxy) is 1. The zero-order valence-electron chi connectivity index (χ0n) is 8.50. The first-order chi connectivity index (χ1) is 5.57. The summed E-state index contributed by atoms with van der Waals surface area (Å²) in [5.74, 6) is 0. The number of nitrogens with one attached hydrogen (secondary N) is 1. The molecule has 0 saturated carbocycles. The molecule has 0 aromatic heterocycles. The molecule has 0 spiro atoms. The topological polar surface area (TPSA) is 41.5 Å². The third-order valence-corrected chi connectivity index (χ3v) is 1.90. The summed E-state index contributed by atoms with van der Waals surface area (Å²) < 4.78 is 5.33. The van der Waals surface area contributed by atoms with Gasteiger partial charge in [0.1, 0.15) is 0 Å². The van der Waals surface area contributed by atoms with Crippen LogP contribution in [0.15, 0.2) is 0 Å². The van der Waals surface area contributed by atoms with Crippen LogP contribution in [0.2, 0.25) is 0 Å². The van der Waals surface area contributed by atoms with Gasteiger partial charge >= 0.3 is 0 Å². The molecule has 0 heterocycles. The van der Waals surface area contributed by atoms with Gasteiger partial charge in [-0.1, -0.05) is 0 Å². The maximum Gasteiger partial charge on any atom is 0.0671 e. The van der Waals surface area contributed by atoms with E-state index in [4.69, 9.17) is 9.84 Å². The van der Waals surface area contributed by atoms with Gasteiger partial charge in [0.05, 0.1) is 12.2 Å². The van der Waals surface area contributed by atoms with E-state index in [1.54, 1.807) is 6.92 Å². The fraction of sp³-hybridized carbons (Fsp3) is 1.00. The molecule has 0 aromatic rings. The quantitative estimate of drug-likeness (QED) is 0.626. The van der Waals surface area contributed by atoms with Crippen LogP contribution in [0.5, 0.6) is 0 Å². The van der Waals surface area contributed by atoms with E-state index in [9.17, 15) is 0 Å². The van der Waals surface area contributed by atoms with Crippen LogP contribution in [0.25, 0.3) is 0 Å². The molecule has 0 aromatic carbocycles. The standard InChI is InChI=1S/C9H21NO2/c1-5-12-7(2)6-10-8(3)9(4)11/h7-11H,5-6H2,1-4H3. The molecule has 0 fully saturated rings. The second-order valence-corrected chi connectivity index (χ2v) is 3.20. The van der Waals surface area contributed by atoms with Crippen LogP contribution in [0.3, 0.4) is 0 Å². The maximum atomic E-state index is 9.16. The van der Waals surface area contributed by atoms with Crippen molar-refractivity contribution in [3.8, 4) is 0 Å². The number of hydrogen-bond acceptors (Lipinski definition) is 3. The first-order valence-corrected chi connectivity index (χ1v) is 4.61. The Morgan fingerprint density at radius 3 is 2.33 bits per heavy atom. The van der Waals surface area contributed by atoms with Gasteiger partial charge in [0.15, 0.2) is 0 Å². The minimum atomic E-state index is -0.307. The Morgan fingerprint density at radius 2 is 1.92 bits per heavy atom. The molecule has 74 valence electrons. The van der Waals surface area contributed by atoms with Gasteiger partial charge in [-0.15, -0.1) is 0 Å². The van der Waals surface area contributed by atoms with E-state index in [0.717, 1.165) is 13.2 Å². The molecular formula is C9H21NO2. The van der Waals surface area contributed by atoms with Crippen LogP contribution in [0, 0.1) is 0 Å². The van der Waals surface area contributed by atoms with Crippen LogP contribution in [0.4, 0.5) is 0 Å². The van der Waals surface area contributed by atoms with Gasteiger partial charge < -0.3 is 15.2 Å². The van der Waals surface area contributed by atoms with Crippen molar-refractivity contribution < 1.29 is 9.84 Å². The lowest BCUT2D eigenvalue weighted by atomic mass is 10.2. The van der Waals surface area contributed by atoms with Crippen LogP contribution in [-0.4, -0.2) is 36.5 Å². The lowest BCUT2D eigenvalue weighted by Gasteiger charge is -2.19. The molecule has 0 aliphatic heterocycles. The number of rotatable bonds is 6. The molecule has 0 amide bonds. The molecule has 0 saturated heterocycles. The van der Waals surface area contributed by atoms with E-state index in [1.165, 1.54) is 0 Å². The highest BCUT2D eigenvalue weighted by atomic mass is 16.5. The monoisotopic (exact) mass is 175 g/mol. The van der Waals surface area contributed by atoms with Crippen molar-refractivity contribution in [3.63, 3.8) is 0 Å². The van der Waals surface area contributed by atoms with Crippen LogP contribution >= 0.6 is 0 Å². The van der Waals surface area contributed by atoms with E-state index >= 15 is 0 Å². The normalized spacial score (nSPS) is 18.8. The lowest BCUT2D eigenvalue weighted by Crippen LogP contribution is -2.39. The van der Waals surface area contributed by atoms with Gasteiger partial charge in [-0.3, -0.25) is 0 Å². The summed E-state index contributed by atoms with van der Waals surface area (Å²) >= 11 is 0. The molecule has 3 atom stereocenters. The van der Waals surface area contributed by atoms with Crippen molar-refractivity contribution in [2.45, 2.75) is 45.9 Å². The van der Waals surface area contributed by atoms with Gasteiger partial charge in [-0.2, -0.15) is 0 Å². The largest absolute Gasteiger partial charge is 0.392 e. The lowest BCUT2D eigenvalue weighted by molar-refractivity contribution is 0.0674. The molecule has 2 N–H and O–H groups in total. The van der Waals surface area contributed by atoms with Gasteiger partial charge in [-0.05, 0) is 27.7 Å². The summed E-state index contributed by atoms with van der Waals surface area (Å²) in [4.78, 5) is 0. The Kier molecular flexibility index (Phi) is 6.34. The molecule has 3 heteroatoms. The summed E-state index contributed by atoms with van der Waals surface area (Å²) in [5, 5.41) is 12.4. The SMILES string of the molecule is CCOC(C)CNC(C)C(C)O. The summed E-state index contributed by atoms with van der Waals surface area (Å²) in [7, 11) is 0. The minimum Gasteiger partial charge on any atom is -0.392 e. The Labute approximate surface area is 75.1 Å². The van der Waals surface area contributed by atoms with E-state index in [2.05, 4.69) is 5.32 Å². The first-order valence-electron chi connectivity index (χ1n) is 4.61. The van der Waals surface area contributed by atoms with Crippen molar-refractivity contribution in [3.05, 3.63) is 0 Å². The second-order valence-electron chi connectivity index (χ2n) is 3.20. The van der Waals surface area contributed by atoms with Crippen molar-refractivity contribution in [2.24, 2.45) is 0 Å². The van der Waals surface area contributed by atoms with Gasteiger partial charge in [-0.25, -0.2) is 0 Å². The third kappa shape index (κ3) is 5.52. The van der Waals surface area contributed by atoms with E-state index in [-0.39, 0.29) is 18.2 Å². The molecule has 3 nitrogen and oxygen atoms in total. The van der Waals surface area contributed by atoms with Crippen molar-refractivity contribution in [2.75, 3.05) is 13.2 Å². The van der Waals surface area contributed by atoms with Crippen LogP contribution in [0.1, 0.15) is 27.7 Å². The zero-order chi connectivity index (χ0) is 9.56. The van der Waals surface area contributed by atoms with Gasteiger partial charge in [0.25, 0.3) is 0 Å². The Bertz CT molecular complexity index is 107. The number of hydrogen-bond donors (Lipinski definition) is 2. The Balaban J connectivity index is 3.40. The fourth-order valence-corrected chi connectivity index (χ4v) is 0.866. The molecule has 0 bridgehead atoms. The summed E-state index contributed by atoms with van der Waals surface area (Å²) in [6, 6.07) is 0.132. The zero-order valence-corrected chi connectivity index (χ0v) is 8.50. The average molecular weight is 175 g/mol. The molecule has 0 aliphatic rings. The molecule has 3 unspecified atom stereocenters. The van der Waals surface area contributed by atoms with E-state index in [0.29, 0.717) is 0 Å². The van der Waals surface area contributed by atoms with Gasteiger partial charge in [0.2, 0.25) is 0 Å². The highest BCUT2D eigenvalue weighted by molar-refractivity contribution is 4.67. The first kappa shape index (κ1) is 11.9. The highest BCUT2D eigenvalue weighted by Crippen LogP contribution is 1.93. The number of aliphatic hydroxyl groups excluding tert-OH is 1. The number of aliphatic hydroxyl groups is 1. The van der Waals surface area contributed by atoms with E-state index in [1.807, 2.05) is 20.8 Å². The molecule has 0 rings (SSSR count). The smallest absolute Gasteiger partial charge is 0.0671 e. The maximum absolute atomic E-state index is 9.16. The van der Waals surface area contributed by atoms with Crippen molar-refractivity contribution in [1.82, 2.24) is 5.32 Å². The van der Waals surface area contributed by atoms with Crippen LogP contribution < -0.4 is 5.32 Å². The van der Waals surface area contributed by atoms with Crippen molar-refractivity contribution in [1.29, 1.82) is 0 Å². The van der Waals surface area contributed by atoms with Crippen molar-refractivity contribution >= 4 is 0 Å². The predicted molar refractivity (Wildman–Crippen MR) is 50.2 cm³/mol. The molecule has 12 heavy (non-hydrogen) atoms. The molecule has 0 radical (unpaired) electrons. The fourth-order valence-electron chi connectivity index (χ4n) is 0.866. The Morgan fingerprint density at radius 1 is 1.33 bits per heavy atom. The third-order valence-electron chi connectivity index (χ3n) is 1.90. The van der Waals surface area contributed by atoms with Crippen LogP contribution in [-0.2, 0) is 4.74 Å². The summed E-state index contributed by atoms with van der Waals surface area (Å²) in [6.45, 7) is 9.28. The Hall–Kier alpha value is -0.120. The average Bonchev–Trinajstić information content (AvgIpc) is 2.00. The van der Waals surface area contributed by atoms with Gasteiger partial charge in [0, 0.05) is 19.2 Å². The minimum absolute atomic E-state index is 0.132. The highest BCUT2D eigenvalue weighted by Gasteiger charge is 2.09. The summed E-state index contributed by atoms with van der Waals surface area (Å²) in [5.41, 5.74) is 0.